The van der Waals surface area contributed by atoms with Crippen LogP contribution in [-0.4, -0.2) is 36.7 Å². The number of hydrogen-bond donors (Lipinski definition) is 1. The highest BCUT2D eigenvalue weighted by atomic mass is 16.1. The number of anilines is 1. The van der Waals surface area contributed by atoms with Gasteiger partial charge in [0.05, 0.1) is 0 Å². The third-order valence-electron chi connectivity index (χ3n) is 5.75. The molecule has 4 heteroatoms. The third kappa shape index (κ3) is 4.66. The first kappa shape index (κ1) is 20.0. The number of carbonyl (C=O) groups is 2. The molecule has 1 aliphatic rings. The van der Waals surface area contributed by atoms with Crippen molar-refractivity contribution in [2.75, 3.05) is 25.5 Å². The van der Waals surface area contributed by atoms with E-state index in [9.17, 15) is 9.59 Å². The maximum Gasteiger partial charge on any atom is 0.255 e. The van der Waals surface area contributed by atoms with Gasteiger partial charge in [-0.25, -0.2) is 0 Å². The molecule has 30 heavy (non-hydrogen) atoms. The summed E-state index contributed by atoms with van der Waals surface area (Å²) in [5, 5.41) is 2.92. The van der Waals surface area contributed by atoms with Gasteiger partial charge < -0.3 is 10.2 Å². The maximum absolute atomic E-state index is 12.9. The summed E-state index contributed by atoms with van der Waals surface area (Å²) >= 11 is 0. The second-order valence-electron chi connectivity index (χ2n) is 7.92. The Labute approximate surface area is 177 Å². The average molecular weight is 399 g/mol. The van der Waals surface area contributed by atoms with E-state index in [4.69, 9.17) is 0 Å². The van der Waals surface area contributed by atoms with Crippen molar-refractivity contribution in [3.63, 3.8) is 0 Å². The summed E-state index contributed by atoms with van der Waals surface area (Å²) in [5.41, 5.74) is 4.08. The zero-order valence-corrected chi connectivity index (χ0v) is 17.2. The molecular weight excluding hydrogens is 372 g/mol. The lowest BCUT2D eigenvalue weighted by Crippen LogP contribution is -2.33. The number of piperidine rings is 1. The van der Waals surface area contributed by atoms with E-state index in [2.05, 4.69) is 17.3 Å². The Bertz CT molecular complexity index is 1020. The van der Waals surface area contributed by atoms with Gasteiger partial charge in [0.2, 0.25) is 0 Å². The molecule has 3 aromatic rings. The van der Waals surface area contributed by atoms with Crippen LogP contribution in [0.4, 0.5) is 5.69 Å². The normalized spacial score (nSPS) is 15.0. The van der Waals surface area contributed by atoms with Crippen molar-refractivity contribution in [3.8, 4) is 11.1 Å². The van der Waals surface area contributed by atoms with Gasteiger partial charge >= 0.3 is 0 Å². The van der Waals surface area contributed by atoms with E-state index in [0.717, 1.165) is 37.1 Å². The lowest BCUT2D eigenvalue weighted by Gasteiger charge is -2.28. The molecule has 0 aliphatic carbocycles. The molecule has 152 valence electrons. The number of Topliss-reactive ketones (excluding diaryl/α,β-unsaturated/α-hetero) is 1. The van der Waals surface area contributed by atoms with Gasteiger partial charge in [-0.3, -0.25) is 9.59 Å². The summed E-state index contributed by atoms with van der Waals surface area (Å²) < 4.78 is 0. The highest BCUT2D eigenvalue weighted by molar-refractivity contribution is 6.05. The molecule has 1 saturated heterocycles. The Kier molecular flexibility index (Phi) is 6.05. The number of rotatable bonds is 5. The molecule has 1 N–H and O–H groups in total. The van der Waals surface area contributed by atoms with Gasteiger partial charge in [-0.1, -0.05) is 54.6 Å². The number of benzene rings is 3. The highest BCUT2D eigenvalue weighted by Crippen LogP contribution is 2.23. The molecule has 4 rings (SSSR count). The van der Waals surface area contributed by atoms with E-state index in [1.165, 1.54) is 0 Å². The fourth-order valence-corrected chi connectivity index (χ4v) is 3.90. The topological polar surface area (TPSA) is 49.4 Å². The largest absolute Gasteiger partial charge is 0.322 e. The molecule has 0 spiro atoms. The molecule has 1 fully saturated rings. The smallest absolute Gasteiger partial charge is 0.255 e. The van der Waals surface area contributed by atoms with Crippen molar-refractivity contribution < 1.29 is 9.59 Å². The van der Waals surface area contributed by atoms with Crippen LogP contribution in [-0.2, 0) is 0 Å². The number of amides is 1. The van der Waals surface area contributed by atoms with Crippen molar-refractivity contribution in [1.82, 2.24) is 4.90 Å². The fraction of sp³-hybridized carbons (Fsp3) is 0.231. The number of carbonyl (C=O) groups excluding carboxylic acids is 2. The Morgan fingerprint density at radius 3 is 2.17 bits per heavy atom. The van der Waals surface area contributed by atoms with Gasteiger partial charge in [-0.2, -0.15) is 0 Å². The van der Waals surface area contributed by atoms with E-state index in [1.807, 2.05) is 72.8 Å². The molecule has 0 unspecified atom stereocenters. The maximum atomic E-state index is 12.9. The predicted molar refractivity (Wildman–Crippen MR) is 121 cm³/mol. The molecule has 4 nitrogen and oxygen atoms in total. The SMILES string of the molecule is CN1CCC(C(=O)c2cccc(NC(=O)c3ccc(-c4ccccc4)cc3)c2)CC1. The first-order chi connectivity index (χ1) is 14.6. The Hall–Kier alpha value is -3.24. The van der Waals surface area contributed by atoms with Crippen LogP contribution < -0.4 is 5.32 Å². The van der Waals surface area contributed by atoms with Crippen molar-refractivity contribution in [1.29, 1.82) is 0 Å². The Morgan fingerprint density at radius 1 is 0.800 bits per heavy atom. The van der Waals surface area contributed by atoms with Crippen LogP contribution >= 0.6 is 0 Å². The van der Waals surface area contributed by atoms with E-state index in [1.54, 1.807) is 6.07 Å². The number of ketones is 1. The van der Waals surface area contributed by atoms with E-state index >= 15 is 0 Å². The van der Waals surface area contributed by atoms with E-state index < -0.39 is 0 Å². The standard InChI is InChI=1S/C26H26N2O2/c1-28-16-14-21(15-17-28)25(29)23-8-5-9-24(18-23)27-26(30)22-12-10-20(11-13-22)19-6-3-2-4-7-19/h2-13,18,21H,14-17H2,1H3,(H,27,30). The molecule has 0 saturated carbocycles. The molecular formula is C26H26N2O2. The van der Waals surface area contributed by atoms with Gasteiger partial charge in [0.25, 0.3) is 5.91 Å². The first-order valence-electron chi connectivity index (χ1n) is 10.4. The minimum atomic E-state index is -0.182. The minimum Gasteiger partial charge on any atom is -0.322 e. The lowest BCUT2D eigenvalue weighted by atomic mass is 9.89. The van der Waals surface area contributed by atoms with Crippen LogP contribution in [0.1, 0.15) is 33.6 Å². The Morgan fingerprint density at radius 2 is 1.47 bits per heavy atom. The van der Waals surface area contributed by atoms with E-state index in [-0.39, 0.29) is 17.6 Å². The second-order valence-corrected chi connectivity index (χ2v) is 7.92. The van der Waals surface area contributed by atoms with Crippen LogP contribution in [0.15, 0.2) is 78.9 Å². The summed E-state index contributed by atoms with van der Waals surface area (Å²) in [6, 6.07) is 24.9. The number of nitrogens with zero attached hydrogens (tertiary/aromatic N) is 1. The van der Waals surface area contributed by atoms with Crippen LogP contribution in [0.25, 0.3) is 11.1 Å². The van der Waals surface area contributed by atoms with Gasteiger partial charge in [-0.05, 0) is 68.4 Å². The zero-order valence-electron chi connectivity index (χ0n) is 17.2. The van der Waals surface area contributed by atoms with Gasteiger partial charge in [0.1, 0.15) is 0 Å². The quantitative estimate of drug-likeness (QED) is 0.606. The van der Waals surface area contributed by atoms with Gasteiger partial charge in [-0.15, -0.1) is 0 Å². The lowest BCUT2D eigenvalue weighted by molar-refractivity contribution is 0.0856. The summed E-state index contributed by atoms with van der Waals surface area (Å²) in [5.74, 6) is 0.0580. The first-order valence-corrected chi connectivity index (χ1v) is 10.4. The monoisotopic (exact) mass is 398 g/mol. The summed E-state index contributed by atoms with van der Waals surface area (Å²) in [4.78, 5) is 27.8. The molecule has 3 aromatic carbocycles. The van der Waals surface area contributed by atoms with Crippen LogP contribution in [0, 0.1) is 5.92 Å². The van der Waals surface area contributed by atoms with Crippen LogP contribution in [0.2, 0.25) is 0 Å². The number of likely N-dealkylation sites (tertiary alicyclic amines) is 1. The van der Waals surface area contributed by atoms with Crippen LogP contribution in [0.3, 0.4) is 0 Å². The van der Waals surface area contributed by atoms with Crippen molar-refractivity contribution in [3.05, 3.63) is 90.0 Å². The molecule has 1 aliphatic heterocycles. The van der Waals surface area contributed by atoms with Crippen molar-refractivity contribution in [2.24, 2.45) is 5.92 Å². The molecule has 0 radical (unpaired) electrons. The number of nitrogens with one attached hydrogen (secondary N) is 1. The number of hydrogen-bond acceptors (Lipinski definition) is 3. The molecule has 1 amide bonds. The highest BCUT2D eigenvalue weighted by Gasteiger charge is 2.24. The fourth-order valence-electron chi connectivity index (χ4n) is 3.90. The minimum absolute atomic E-state index is 0.0673. The average Bonchev–Trinajstić information content (AvgIpc) is 2.80. The molecule has 0 aromatic heterocycles. The van der Waals surface area contributed by atoms with Gasteiger partial charge in [0, 0.05) is 22.7 Å². The van der Waals surface area contributed by atoms with Crippen LogP contribution in [0.5, 0.6) is 0 Å². The summed E-state index contributed by atoms with van der Waals surface area (Å²) in [7, 11) is 2.09. The zero-order chi connectivity index (χ0) is 20.9. The third-order valence-corrected chi connectivity index (χ3v) is 5.75. The van der Waals surface area contributed by atoms with Crippen molar-refractivity contribution >= 4 is 17.4 Å². The summed E-state index contributed by atoms with van der Waals surface area (Å²) in [6.45, 7) is 1.90. The predicted octanol–water partition coefficient (Wildman–Crippen LogP) is 5.13. The van der Waals surface area contributed by atoms with E-state index in [0.29, 0.717) is 16.8 Å². The molecule has 1 heterocycles. The Balaban J connectivity index is 1.43. The molecule has 0 atom stereocenters. The summed E-state index contributed by atoms with van der Waals surface area (Å²) in [6.07, 6.45) is 1.78. The molecule has 0 bridgehead atoms. The van der Waals surface area contributed by atoms with Crippen molar-refractivity contribution in [2.45, 2.75) is 12.8 Å². The second kappa shape index (κ2) is 9.06. The van der Waals surface area contributed by atoms with Gasteiger partial charge in [0.15, 0.2) is 5.78 Å².